The van der Waals surface area contributed by atoms with Gasteiger partial charge in [-0.05, 0) is 0 Å². The molecule has 0 rings (SSSR count). The molecule has 0 aromatic carbocycles. The van der Waals surface area contributed by atoms with Crippen LogP contribution in [0.15, 0.2) is 0 Å². The van der Waals surface area contributed by atoms with E-state index in [4.69, 9.17) is 97.9 Å². The quantitative estimate of drug-likeness (QED) is 0.237. The summed E-state index contributed by atoms with van der Waals surface area (Å²) in [5.41, 5.74) is 0. The summed E-state index contributed by atoms with van der Waals surface area (Å²) in [4.78, 5) is 0. The van der Waals surface area contributed by atoms with E-state index in [0.29, 0.717) is 0 Å². The van der Waals surface area contributed by atoms with Crippen LogP contribution < -0.4 is 0 Å². The van der Waals surface area contributed by atoms with Crippen LogP contribution in [0.2, 0.25) is 0 Å². The monoisotopic (exact) mass is 502 g/mol. The van der Waals surface area contributed by atoms with E-state index in [-0.39, 0.29) is 0 Å². The number of halogens is 10. The SMILES string of the molecule is Cl[P+](Cl)(Cl)Cl.[Cl][Sb-]([Cl])([Cl])([Cl])([Cl])[Cl]. The summed E-state index contributed by atoms with van der Waals surface area (Å²) < 4.78 is -2.50. The van der Waals surface area contributed by atoms with Gasteiger partial charge in [0.15, 0.2) is 0 Å². The molecule has 0 heterocycles. The molecule has 0 aromatic rings. The first-order chi connectivity index (χ1) is 4.45. The average Bonchev–Trinajstić information content (AvgIpc) is 1.04. The second-order valence-electron chi connectivity index (χ2n) is 1.34. The van der Waals surface area contributed by atoms with Crippen molar-refractivity contribution in [3.63, 3.8) is 0 Å². The molecular weight excluding hydrogens is 507 g/mol. The summed E-state index contributed by atoms with van der Waals surface area (Å²) in [6, 6.07) is 0. The van der Waals surface area contributed by atoms with Crippen molar-refractivity contribution in [1.29, 1.82) is 0 Å². The first kappa shape index (κ1) is 18.5. The van der Waals surface area contributed by atoms with Crippen LogP contribution >= 0.6 is 103 Å². The van der Waals surface area contributed by atoms with E-state index < -0.39 is 13.8 Å². The Balaban J connectivity index is 0. The third-order valence-corrected chi connectivity index (χ3v) is 0. The molecule has 0 N–H and O–H groups in total. The van der Waals surface area contributed by atoms with E-state index in [1.807, 2.05) is 0 Å². The molecule has 12 heteroatoms. The Morgan fingerprint density at radius 3 is 0.583 bits per heavy atom. The van der Waals surface area contributed by atoms with Crippen molar-refractivity contribution >= 4 is 112 Å². The minimum atomic E-state index is -5.42. The topological polar surface area (TPSA) is 0 Å². The Hall–Kier alpha value is 4.15. The van der Waals surface area contributed by atoms with Gasteiger partial charge in [0.1, 0.15) is 45.0 Å². The van der Waals surface area contributed by atoms with Gasteiger partial charge < -0.3 is 0 Å². The Kier molecular flexibility index (Phi) is 7.40. The van der Waals surface area contributed by atoms with Crippen LogP contribution in [0.25, 0.3) is 0 Å². The first-order valence-electron chi connectivity index (χ1n) is 1.69. The van der Waals surface area contributed by atoms with Gasteiger partial charge in [0, 0.05) is 0 Å². The molecule has 0 saturated heterocycles. The Bertz CT molecular complexity index is 120. The molecule has 0 unspecified atom stereocenters. The summed E-state index contributed by atoms with van der Waals surface area (Å²) in [6.07, 6.45) is 0. The third kappa shape index (κ3) is 142. The van der Waals surface area contributed by atoms with E-state index in [2.05, 4.69) is 0 Å². The maximum absolute atomic E-state index is 5.42. The van der Waals surface area contributed by atoms with Crippen LogP contribution in [0.3, 0.4) is 0 Å². The van der Waals surface area contributed by atoms with Gasteiger partial charge in [-0.1, -0.05) is 0 Å². The van der Waals surface area contributed by atoms with Gasteiger partial charge in [-0.3, -0.25) is 0 Å². The molecule has 12 heavy (non-hydrogen) atoms. The zero-order chi connectivity index (χ0) is 10.9. The summed E-state index contributed by atoms with van der Waals surface area (Å²) in [5.74, 6) is 0. The van der Waals surface area contributed by atoms with Gasteiger partial charge in [0.25, 0.3) is 0 Å². The van der Waals surface area contributed by atoms with Crippen LogP contribution in [0, 0.1) is 0 Å². The maximum atomic E-state index is 5.06. The molecule has 0 bridgehead atoms. The van der Waals surface area contributed by atoms with Crippen LogP contribution in [-0.2, 0) is 0 Å². The van der Waals surface area contributed by atoms with Gasteiger partial charge in [0.2, 0.25) is 0 Å². The molecule has 0 aliphatic carbocycles. The van der Waals surface area contributed by atoms with E-state index >= 15 is 0 Å². The molecular formula is Cl10PSb. The van der Waals surface area contributed by atoms with E-state index in [1.165, 1.54) is 0 Å². The zero-order valence-corrected chi connectivity index (χ0v) is 15.7. The fourth-order valence-electron chi connectivity index (χ4n) is 0. The molecule has 0 saturated carbocycles. The van der Waals surface area contributed by atoms with E-state index in [0.717, 1.165) is 0 Å². The van der Waals surface area contributed by atoms with Crippen molar-refractivity contribution in [2.24, 2.45) is 0 Å². The zero-order valence-electron chi connectivity index (χ0n) is 4.67. The summed E-state index contributed by atoms with van der Waals surface area (Å²) in [6.45, 7) is 0. The Labute approximate surface area is 110 Å². The predicted molar refractivity (Wildman–Crippen MR) is 71.2 cm³/mol. The van der Waals surface area contributed by atoms with Gasteiger partial charge in [-0.15, -0.1) is 0 Å². The summed E-state index contributed by atoms with van der Waals surface area (Å²) >= 11 is 19.8. The second kappa shape index (κ2) is 4.79. The molecule has 0 spiro atoms. The molecule has 0 aliphatic rings. The average molecular weight is 507 g/mol. The second-order valence-corrected chi connectivity index (χ2v) is 68.2. The van der Waals surface area contributed by atoms with Crippen molar-refractivity contribution in [3.8, 4) is 0 Å². The minimum absolute atomic E-state index is 2.50. The molecule has 0 aliphatic heterocycles. The first-order valence-corrected chi connectivity index (χ1v) is 26.5. The fourth-order valence-corrected chi connectivity index (χ4v) is 0. The van der Waals surface area contributed by atoms with Crippen molar-refractivity contribution in [2.45, 2.75) is 0 Å². The standard InChI is InChI=1S/Cl4P.6ClH.Sb/c1-5(2,3)4;;;;;;;/h;6*1H;/q+1;;;;;;;+5/p-6. The number of rotatable bonds is 0. The van der Waals surface area contributed by atoms with E-state index in [1.54, 1.807) is 0 Å². The Morgan fingerprint density at radius 2 is 0.583 bits per heavy atom. The fraction of sp³-hybridized carbons (Fsp3) is 0. The molecule has 0 aromatic heterocycles. The molecule has 0 radical (unpaired) electrons. The van der Waals surface area contributed by atoms with Crippen LogP contribution in [0.4, 0.5) is 0 Å². The summed E-state index contributed by atoms with van der Waals surface area (Å²) in [5, 5.41) is 0. The third-order valence-electron chi connectivity index (χ3n) is 0. The van der Waals surface area contributed by atoms with E-state index in [9.17, 15) is 0 Å². The summed E-state index contributed by atoms with van der Waals surface area (Å²) in [7, 11) is 25.0. The molecule has 0 nitrogen and oxygen atoms in total. The van der Waals surface area contributed by atoms with Crippen molar-refractivity contribution in [2.75, 3.05) is 0 Å². The number of hydrogen-bond donors (Lipinski definition) is 0. The normalized spacial score (nSPS) is 18.5. The molecule has 0 atom stereocenters. The van der Waals surface area contributed by atoms with Crippen molar-refractivity contribution in [3.05, 3.63) is 0 Å². The molecule has 0 fully saturated rings. The number of hydrogen-bond acceptors (Lipinski definition) is 0. The molecule has 0 amide bonds. The Morgan fingerprint density at radius 1 is 0.583 bits per heavy atom. The van der Waals surface area contributed by atoms with Gasteiger partial charge in [-0.25, -0.2) is 0 Å². The van der Waals surface area contributed by atoms with Gasteiger partial charge in [-0.2, -0.15) is 0 Å². The molecule has 80 valence electrons. The van der Waals surface area contributed by atoms with Crippen LogP contribution in [0.1, 0.15) is 0 Å². The predicted octanol–water partition coefficient (Wildman–Crippen LogP) is 7.38. The van der Waals surface area contributed by atoms with Gasteiger partial charge >= 0.3 is 66.8 Å². The van der Waals surface area contributed by atoms with Gasteiger partial charge in [0.05, 0.1) is 0 Å². The van der Waals surface area contributed by atoms with Crippen LogP contribution in [-0.4, -0.2) is 9.14 Å². The van der Waals surface area contributed by atoms with Crippen molar-refractivity contribution < 1.29 is 0 Å². The van der Waals surface area contributed by atoms with Crippen LogP contribution in [0.5, 0.6) is 0 Å². The van der Waals surface area contributed by atoms with Crippen molar-refractivity contribution in [1.82, 2.24) is 0 Å².